The zero-order chi connectivity index (χ0) is 18.0. The van der Waals surface area contributed by atoms with Crippen molar-refractivity contribution >= 4 is 23.2 Å². The van der Waals surface area contributed by atoms with E-state index in [1.54, 1.807) is 24.3 Å². The van der Waals surface area contributed by atoms with Crippen LogP contribution in [-0.4, -0.2) is 48.1 Å². The minimum Gasteiger partial charge on any atom is -0.389 e. The fraction of sp³-hybridized carbons (Fsp3) is 0.263. The van der Waals surface area contributed by atoms with Gasteiger partial charge in [-0.15, -0.1) is 0 Å². The van der Waals surface area contributed by atoms with E-state index in [1.807, 2.05) is 32.2 Å². The Bertz CT molecular complexity index is 784. The van der Waals surface area contributed by atoms with Gasteiger partial charge in [0.05, 0.1) is 23.8 Å². The lowest BCUT2D eigenvalue weighted by Gasteiger charge is -2.19. The molecule has 1 aliphatic rings. The molecule has 1 heterocycles. The second-order valence-electron chi connectivity index (χ2n) is 6.08. The standard InChI is InChI=1S/C19H21N3O3/c1-12-9-13(7-8-17(12)20-2)21-10-14(23)11-22-18(24)15-5-3-4-6-16(15)19(22)25/h3-9,14,20-21,23H,10-11H2,1-2H3/t14-/m1/s1. The zero-order valence-electron chi connectivity index (χ0n) is 14.2. The van der Waals surface area contributed by atoms with Crippen LogP contribution in [-0.2, 0) is 0 Å². The molecule has 2 aromatic carbocycles. The second-order valence-corrected chi connectivity index (χ2v) is 6.08. The van der Waals surface area contributed by atoms with Crippen molar-refractivity contribution in [3.8, 4) is 0 Å². The lowest BCUT2D eigenvalue weighted by atomic mass is 10.1. The molecular weight excluding hydrogens is 318 g/mol. The minimum atomic E-state index is -0.855. The van der Waals surface area contributed by atoms with Gasteiger partial charge in [-0.1, -0.05) is 12.1 Å². The van der Waals surface area contributed by atoms with Crippen molar-refractivity contribution in [2.24, 2.45) is 0 Å². The molecule has 3 N–H and O–H groups in total. The highest BCUT2D eigenvalue weighted by Gasteiger charge is 2.35. The van der Waals surface area contributed by atoms with Gasteiger partial charge in [-0.3, -0.25) is 14.5 Å². The number of β-amino-alcohol motifs (C(OH)–C–C–N with tert-alkyl or cyclic N) is 1. The molecule has 6 heteroatoms. The summed E-state index contributed by atoms with van der Waals surface area (Å²) < 4.78 is 0. The summed E-state index contributed by atoms with van der Waals surface area (Å²) in [5.41, 5.74) is 3.79. The van der Waals surface area contributed by atoms with E-state index in [0.717, 1.165) is 21.8 Å². The molecule has 0 saturated heterocycles. The van der Waals surface area contributed by atoms with Gasteiger partial charge in [0.25, 0.3) is 11.8 Å². The second kappa shape index (κ2) is 6.94. The van der Waals surface area contributed by atoms with E-state index in [2.05, 4.69) is 10.6 Å². The highest BCUT2D eigenvalue weighted by atomic mass is 16.3. The summed E-state index contributed by atoms with van der Waals surface area (Å²) in [6.45, 7) is 2.20. The Balaban J connectivity index is 1.60. The SMILES string of the molecule is CNc1ccc(NC[C@@H](O)CN2C(=O)c3ccccc3C2=O)cc1C. The number of rotatable bonds is 6. The molecule has 1 aliphatic heterocycles. The molecule has 2 amide bonds. The molecule has 0 aromatic heterocycles. The van der Waals surface area contributed by atoms with Gasteiger partial charge in [-0.2, -0.15) is 0 Å². The number of hydrogen-bond acceptors (Lipinski definition) is 5. The molecule has 0 spiro atoms. The van der Waals surface area contributed by atoms with Crippen LogP contribution in [0.15, 0.2) is 42.5 Å². The molecule has 3 rings (SSSR count). The maximum Gasteiger partial charge on any atom is 0.261 e. The van der Waals surface area contributed by atoms with Crippen LogP contribution in [0.1, 0.15) is 26.3 Å². The third kappa shape index (κ3) is 3.34. The molecule has 0 aliphatic carbocycles. The van der Waals surface area contributed by atoms with Gasteiger partial charge in [-0.25, -0.2) is 0 Å². The predicted molar refractivity (Wildman–Crippen MR) is 97.0 cm³/mol. The molecule has 0 saturated carbocycles. The average Bonchev–Trinajstić information content (AvgIpc) is 2.85. The summed E-state index contributed by atoms with van der Waals surface area (Å²) in [7, 11) is 1.86. The van der Waals surface area contributed by atoms with Crippen molar-refractivity contribution in [3.63, 3.8) is 0 Å². The highest BCUT2D eigenvalue weighted by molar-refractivity contribution is 6.21. The van der Waals surface area contributed by atoms with E-state index < -0.39 is 6.10 Å². The Labute approximate surface area is 146 Å². The summed E-state index contributed by atoms with van der Waals surface area (Å²) in [5.74, 6) is -0.706. The number of anilines is 2. The maximum atomic E-state index is 12.3. The van der Waals surface area contributed by atoms with E-state index in [-0.39, 0.29) is 24.9 Å². The summed E-state index contributed by atoms with van der Waals surface area (Å²) >= 11 is 0. The number of hydrogen-bond donors (Lipinski definition) is 3. The van der Waals surface area contributed by atoms with Crippen LogP contribution < -0.4 is 10.6 Å². The number of amides is 2. The summed E-state index contributed by atoms with van der Waals surface area (Å²) in [6, 6.07) is 12.5. The normalized spacial score (nSPS) is 14.4. The lowest BCUT2D eigenvalue weighted by molar-refractivity contribution is 0.0558. The van der Waals surface area contributed by atoms with E-state index in [4.69, 9.17) is 0 Å². The van der Waals surface area contributed by atoms with Crippen molar-refractivity contribution < 1.29 is 14.7 Å². The van der Waals surface area contributed by atoms with E-state index in [0.29, 0.717) is 11.1 Å². The molecule has 1 atom stereocenters. The van der Waals surface area contributed by atoms with Gasteiger partial charge in [-0.05, 0) is 42.8 Å². The number of aliphatic hydroxyl groups is 1. The smallest absolute Gasteiger partial charge is 0.261 e. The number of aryl methyl sites for hydroxylation is 1. The number of aliphatic hydroxyl groups excluding tert-OH is 1. The van der Waals surface area contributed by atoms with Crippen LogP contribution in [0.3, 0.4) is 0 Å². The third-order valence-corrected chi connectivity index (χ3v) is 4.31. The quantitative estimate of drug-likeness (QED) is 0.702. The number of nitrogens with one attached hydrogen (secondary N) is 2. The van der Waals surface area contributed by atoms with Crippen LogP contribution in [0.4, 0.5) is 11.4 Å². The molecule has 130 valence electrons. The summed E-state index contributed by atoms with van der Waals surface area (Å²) in [6.07, 6.45) is -0.855. The Morgan fingerprint density at radius 3 is 2.28 bits per heavy atom. The largest absolute Gasteiger partial charge is 0.389 e. The number of fused-ring (bicyclic) bond motifs is 1. The van der Waals surface area contributed by atoms with Gasteiger partial charge in [0.15, 0.2) is 0 Å². The van der Waals surface area contributed by atoms with Crippen molar-refractivity contribution in [1.29, 1.82) is 0 Å². The lowest BCUT2D eigenvalue weighted by Crippen LogP contribution is -2.39. The van der Waals surface area contributed by atoms with Crippen LogP contribution in [0.5, 0.6) is 0 Å². The minimum absolute atomic E-state index is 0.0348. The Hall–Kier alpha value is -2.86. The van der Waals surface area contributed by atoms with Crippen molar-refractivity contribution in [2.45, 2.75) is 13.0 Å². The molecule has 0 bridgehead atoms. The molecule has 0 fully saturated rings. The topological polar surface area (TPSA) is 81.7 Å². The van der Waals surface area contributed by atoms with E-state index in [9.17, 15) is 14.7 Å². The van der Waals surface area contributed by atoms with E-state index in [1.165, 1.54) is 0 Å². The molecule has 6 nitrogen and oxygen atoms in total. The van der Waals surface area contributed by atoms with Crippen molar-refractivity contribution in [1.82, 2.24) is 4.90 Å². The van der Waals surface area contributed by atoms with Gasteiger partial charge in [0.2, 0.25) is 0 Å². The highest BCUT2D eigenvalue weighted by Crippen LogP contribution is 2.23. The Morgan fingerprint density at radius 2 is 1.72 bits per heavy atom. The third-order valence-electron chi connectivity index (χ3n) is 4.31. The van der Waals surface area contributed by atoms with E-state index >= 15 is 0 Å². The molecule has 2 aromatic rings. The van der Waals surface area contributed by atoms with Crippen LogP contribution in [0, 0.1) is 6.92 Å². The number of nitrogens with zero attached hydrogens (tertiary/aromatic N) is 1. The molecular formula is C19H21N3O3. The van der Waals surface area contributed by atoms with Gasteiger partial charge >= 0.3 is 0 Å². The van der Waals surface area contributed by atoms with Crippen LogP contribution in [0.25, 0.3) is 0 Å². The fourth-order valence-electron chi connectivity index (χ4n) is 2.97. The average molecular weight is 339 g/mol. The molecule has 0 unspecified atom stereocenters. The Morgan fingerprint density at radius 1 is 1.08 bits per heavy atom. The molecule has 25 heavy (non-hydrogen) atoms. The fourth-order valence-corrected chi connectivity index (χ4v) is 2.97. The number of imide groups is 1. The first kappa shape index (κ1) is 17.0. The maximum absolute atomic E-state index is 12.3. The number of benzene rings is 2. The Kier molecular flexibility index (Phi) is 4.72. The monoisotopic (exact) mass is 339 g/mol. The van der Waals surface area contributed by atoms with Crippen LogP contribution >= 0.6 is 0 Å². The first-order valence-electron chi connectivity index (χ1n) is 8.17. The predicted octanol–water partition coefficient (Wildman–Crippen LogP) is 2.11. The van der Waals surface area contributed by atoms with Crippen molar-refractivity contribution in [3.05, 3.63) is 59.2 Å². The zero-order valence-corrected chi connectivity index (χ0v) is 14.2. The van der Waals surface area contributed by atoms with Gasteiger partial charge in [0.1, 0.15) is 0 Å². The summed E-state index contributed by atoms with van der Waals surface area (Å²) in [5, 5.41) is 16.5. The number of carbonyl (C=O) groups is 2. The van der Waals surface area contributed by atoms with Gasteiger partial charge in [0, 0.05) is 25.0 Å². The number of carbonyl (C=O) groups excluding carboxylic acids is 2. The van der Waals surface area contributed by atoms with Gasteiger partial charge < -0.3 is 15.7 Å². The van der Waals surface area contributed by atoms with Crippen LogP contribution in [0.2, 0.25) is 0 Å². The first-order chi connectivity index (χ1) is 12.0. The van der Waals surface area contributed by atoms with Crippen molar-refractivity contribution in [2.75, 3.05) is 30.8 Å². The summed E-state index contributed by atoms with van der Waals surface area (Å²) in [4.78, 5) is 25.7. The molecule has 0 radical (unpaired) electrons. The first-order valence-corrected chi connectivity index (χ1v) is 8.17.